The molecular weight excluding hydrogens is 334 g/mol. The second-order valence-corrected chi connectivity index (χ2v) is 5.81. The van der Waals surface area contributed by atoms with E-state index in [9.17, 15) is 4.79 Å². The van der Waals surface area contributed by atoms with Gasteiger partial charge >= 0.3 is 0 Å². The van der Waals surface area contributed by atoms with E-state index in [1.165, 1.54) is 4.68 Å². The molecule has 3 rings (SSSR count). The van der Waals surface area contributed by atoms with Crippen molar-refractivity contribution < 1.29 is 9.53 Å². The molecule has 0 radical (unpaired) electrons. The Bertz CT molecular complexity index is 900. The fourth-order valence-electron chi connectivity index (χ4n) is 2.53. The highest BCUT2D eigenvalue weighted by atomic mass is 16.5. The van der Waals surface area contributed by atoms with Crippen LogP contribution in [0.2, 0.25) is 0 Å². The smallest absolute Gasteiger partial charge is 0.251 e. The molecule has 0 saturated heterocycles. The van der Waals surface area contributed by atoms with Crippen molar-refractivity contribution in [1.82, 2.24) is 35.3 Å². The van der Waals surface area contributed by atoms with Gasteiger partial charge in [0.15, 0.2) is 5.82 Å². The number of carbonyl (C=O) groups excluding carboxylic acids is 1. The molecule has 136 valence electrons. The zero-order chi connectivity index (χ0) is 18.5. The molecule has 0 spiro atoms. The molecular formula is C17H21N7O2. The third-order valence-corrected chi connectivity index (χ3v) is 3.89. The van der Waals surface area contributed by atoms with Crippen LogP contribution < -0.4 is 10.1 Å². The van der Waals surface area contributed by atoms with Crippen LogP contribution in [0.1, 0.15) is 34.5 Å². The van der Waals surface area contributed by atoms with Gasteiger partial charge in [0.05, 0.1) is 17.9 Å². The minimum Gasteiger partial charge on any atom is -0.486 e. The average molecular weight is 355 g/mol. The van der Waals surface area contributed by atoms with Crippen LogP contribution in [0.25, 0.3) is 0 Å². The van der Waals surface area contributed by atoms with E-state index in [1.54, 1.807) is 31.3 Å². The van der Waals surface area contributed by atoms with E-state index in [0.29, 0.717) is 23.7 Å². The first kappa shape index (κ1) is 17.6. The van der Waals surface area contributed by atoms with Gasteiger partial charge in [0.25, 0.3) is 5.91 Å². The first-order valence-corrected chi connectivity index (χ1v) is 8.32. The van der Waals surface area contributed by atoms with Gasteiger partial charge in [-0.05, 0) is 48.5 Å². The third-order valence-electron chi connectivity index (χ3n) is 3.89. The maximum absolute atomic E-state index is 12.4. The van der Waals surface area contributed by atoms with Gasteiger partial charge in [0.2, 0.25) is 0 Å². The summed E-state index contributed by atoms with van der Waals surface area (Å²) in [5, 5.41) is 18.5. The summed E-state index contributed by atoms with van der Waals surface area (Å²) in [5.41, 5.74) is 2.43. The summed E-state index contributed by atoms with van der Waals surface area (Å²) < 4.78 is 9.08. The second-order valence-electron chi connectivity index (χ2n) is 5.81. The Morgan fingerprint density at radius 3 is 2.88 bits per heavy atom. The predicted molar refractivity (Wildman–Crippen MR) is 93.4 cm³/mol. The molecule has 0 unspecified atom stereocenters. The second kappa shape index (κ2) is 7.77. The summed E-state index contributed by atoms with van der Waals surface area (Å²) in [5.74, 6) is 1.01. The van der Waals surface area contributed by atoms with Crippen LogP contribution in [0.3, 0.4) is 0 Å². The number of aromatic nitrogens is 6. The number of amides is 1. The lowest BCUT2D eigenvalue weighted by Crippen LogP contribution is -2.24. The van der Waals surface area contributed by atoms with Gasteiger partial charge in [0, 0.05) is 19.2 Å². The lowest BCUT2D eigenvalue weighted by molar-refractivity contribution is 0.0949. The van der Waals surface area contributed by atoms with Gasteiger partial charge in [0.1, 0.15) is 12.4 Å². The Morgan fingerprint density at radius 1 is 1.31 bits per heavy atom. The van der Waals surface area contributed by atoms with Crippen molar-refractivity contribution in [1.29, 1.82) is 0 Å². The van der Waals surface area contributed by atoms with Gasteiger partial charge < -0.3 is 10.1 Å². The Kier molecular flexibility index (Phi) is 5.26. The predicted octanol–water partition coefficient (Wildman–Crippen LogP) is 1.24. The average Bonchev–Trinajstić information content (AvgIpc) is 3.22. The molecule has 1 amide bonds. The molecule has 1 N–H and O–H groups in total. The summed E-state index contributed by atoms with van der Waals surface area (Å²) in [6.07, 6.45) is 0. The van der Waals surface area contributed by atoms with Crippen LogP contribution in [0.4, 0.5) is 0 Å². The van der Waals surface area contributed by atoms with Crippen LogP contribution in [0.5, 0.6) is 5.75 Å². The van der Waals surface area contributed by atoms with Crippen LogP contribution >= 0.6 is 0 Å². The fraction of sp³-hybridized carbons (Fsp3) is 0.353. The monoisotopic (exact) mass is 355 g/mol. The lowest BCUT2D eigenvalue weighted by atomic mass is 10.2. The van der Waals surface area contributed by atoms with Crippen molar-refractivity contribution in [2.75, 3.05) is 0 Å². The SMILES string of the molecule is CCn1nc(C)cc1CNC(=O)c1cccc(OCc2nnnn2C)c1. The minimum atomic E-state index is -0.169. The summed E-state index contributed by atoms with van der Waals surface area (Å²) >= 11 is 0. The van der Waals surface area contributed by atoms with Crippen LogP contribution in [-0.2, 0) is 26.7 Å². The number of nitrogens with zero attached hydrogens (tertiary/aromatic N) is 6. The van der Waals surface area contributed by atoms with Crippen molar-refractivity contribution >= 4 is 5.91 Å². The molecule has 9 nitrogen and oxygen atoms in total. The number of carbonyl (C=O) groups is 1. The molecule has 0 saturated carbocycles. The van der Waals surface area contributed by atoms with Gasteiger partial charge in [-0.1, -0.05) is 6.07 Å². The standard InChI is InChI=1S/C17H21N7O2/c1-4-24-14(8-12(2)20-24)10-18-17(25)13-6-5-7-15(9-13)26-11-16-19-21-22-23(16)3/h5-9H,4,10-11H2,1-3H3,(H,18,25). The van der Waals surface area contributed by atoms with Crippen LogP contribution in [0.15, 0.2) is 30.3 Å². The Morgan fingerprint density at radius 2 is 2.15 bits per heavy atom. The quantitative estimate of drug-likeness (QED) is 0.684. The largest absolute Gasteiger partial charge is 0.486 e. The molecule has 26 heavy (non-hydrogen) atoms. The van der Waals surface area contributed by atoms with E-state index < -0.39 is 0 Å². The summed E-state index contributed by atoms with van der Waals surface area (Å²) in [6, 6.07) is 8.98. The van der Waals surface area contributed by atoms with Gasteiger partial charge in [-0.25, -0.2) is 4.68 Å². The number of hydrogen-bond donors (Lipinski definition) is 1. The number of hydrogen-bond acceptors (Lipinski definition) is 6. The Hall–Kier alpha value is -3.23. The zero-order valence-corrected chi connectivity index (χ0v) is 15.0. The molecule has 2 aromatic heterocycles. The van der Waals surface area contributed by atoms with Crippen molar-refractivity contribution in [2.45, 2.75) is 33.5 Å². The number of tetrazole rings is 1. The summed E-state index contributed by atoms with van der Waals surface area (Å²) in [6.45, 7) is 5.36. The first-order valence-electron chi connectivity index (χ1n) is 8.32. The molecule has 0 atom stereocenters. The fourth-order valence-corrected chi connectivity index (χ4v) is 2.53. The summed E-state index contributed by atoms with van der Waals surface area (Å²) in [7, 11) is 1.74. The van der Waals surface area contributed by atoms with E-state index in [-0.39, 0.29) is 12.5 Å². The van der Waals surface area contributed by atoms with Crippen LogP contribution in [-0.4, -0.2) is 35.9 Å². The van der Waals surface area contributed by atoms with E-state index in [0.717, 1.165) is 17.9 Å². The number of nitrogens with one attached hydrogen (secondary N) is 1. The van der Waals surface area contributed by atoms with Gasteiger partial charge in [-0.3, -0.25) is 9.48 Å². The highest BCUT2D eigenvalue weighted by Gasteiger charge is 2.10. The topological polar surface area (TPSA) is 99.8 Å². The van der Waals surface area contributed by atoms with E-state index in [1.807, 2.05) is 24.6 Å². The maximum Gasteiger partial charge on any atom is 0.251 e. The number of aryl methyl sites for hydroxylation is 3. The summed E-state index contributed by atoms with van der Waals surface area (Å²) in [4.78, 5) is 12.4. The molecule has 0 fully saturated rings. The van der Waals surface area contributed by atoms with Crippen molar-refractivity contribution in [2.24, 2.45) is 7.05 Å². The Balaban J connectivity index is 1.61. The van der Waals surface area contributed by atoms with E-state index in [2.05, 4.69) is 25.9 Å². The highest BCUT2D eigenvalue weighted by Crippen LogP contribution is 2.15. The Labute approximate surface area is 151 Å². The normalized spacial score (nSPS) is 10.7. The van der Waals surface area contributed by atoms with Crippen molar-refractivity contribution in [3.8, 4) is 5.75 Å². The third kappa shape index (κ3) is 4.05. The molecule has 9 heteroatoms. The van der Waals surface area contributed by atoms with Gasteiger partial charge in [-0.15, -0.1) is 5.10 Å². The van der Waals surface area contributed by atoms with E-state index >= 15 is 0 Å². The zero-order valence-electron chi connectivity index (χ0n) is 15.0. The highest BCUT2D eigenvalue weighted by molar-refractivity contribution is 5.94. The van der Waals surface area contributed by atoms with Crippen molar-refractivity contribution in [3.63, 3.8) is 0 Å². The number of ether oxygens (including phenoxy) is 1. The number of rotatable bonds is 7. The molecule has 1 aromatic carbocycles. The molecule has 0 bridgehead atoms. The maximum atomic E-state index is 12.4. The lowest BCUT2D eigenvalue weighted by Gasteiger charge is -2.09. The van der Waals surface area contributed by atoms with Gasteiger partial charge in [-0.2, -0.15) is 5.10 Å². The molecule has 2 heterocycles. The van der Waals surface area contributed by atoms with Crippen molar-refractivity contribution in [3.05, 3.63) is 53.1 Å². The first-order chi connectivity index (χ1) is 12.6. The van der Waals surface area contributed by atoms with Crippen LogP contribution in [0, 0.1) is 6.92 Å². The minimum absolute atomic E-state index is 0.169. The molecule has 0 aliphatic heterocycles. The molecule has 3 aromatic rings. The molecule has 0 aliphatic rings. The van der Waals surface area contributed by atoms with E-state index in [4.69, 9.17) is 4.74 Å². The number of benzene rings is 1. The molecule has 0 aliphatic carbocycles.